The van der Waals surface area contributed by atoms with Crippen molar-refractivity contribution in [2.45, 2.75) is 12.5 Å². The average molecular weight is 541 g/mol. The summed E-state index contributed by atoms with van der Waals surface area (Å²) in [5, 5.41) is 6.71. The number of halogens is 2. The van der Waals surface area contributed by atoms with E-state index in [1.807, 2.05) is 24.3 Å². The zero-order valence-corrected chi connectivity index (χ0v) is 20.8. The SMILES string of the molecule is CN=C(NCCc1ccc(Oc2ccccc2)c(F)c1)NCC1CN(C)CCN1C.I. The van der Waals surface area contributed by atoms with Crippen molar-refractivity contribution >= 4 is 29.9 Å². The molecule has 3 rings (SSSR count). The van der Waals surface area contributed by atoms with Crippen molar-refractivity contribution in [2.75, 3.05) is 53.9 Å². The van der Waals surface area contributed by atoms with Crippen LogP contribution in [-0.4, -0.2) is 75.7 Å². The molecule has 31 heavy (non-hydrogen) atoms. The number of ether oxygens (including phenoxy) is 1. The topological polar surface area (TPSA) is 52.1 Å². The number of likely N-dealkylation sites (N-methyl/N-ethyl adjacent to an activating group) is 2. The molecule has 0 saturated carbocycles. The lowest BCUT2D eigenvalue weighted by atomic mass is 10.1. The van der Waals surface area contributed by atoms with Gasteiger partial charge in [-0.2, -0.15) is 0 Å². The molecule has 170 valence electrons. The van der Waals surface area contributed by atoms with E-state index in [0.717, 1.165) is 37.7 Å². The van der Waals surface area contributed by atoms with Gasteiger partial charge in [-0.05, 0) is 50.3 Å². The number of guanidine groups is 1. The molecule has 2 N–H and O–H groups in total. The first-order chi connectivity index (χ1) is 14.5. The molecule has 0 aromatic heterocycles. The Hall–Kier alpha value is -1.91. The van der Waals surface area contributed by atoms with E-state index in [-0.39, 0.29) is 35.5 Å². The lowest BCUT2D eigenvalue weighted by Crippen LogP contribution is -2.55. The smallest absolute Gasteiger partial charge is 0.191 e. The summed E-state index contributed by atoms with van der Waals surface area (Å²) in [7, 11) is 6.08. The molecule has 8 heteroatoms. The van der Waals surface area contributed by atoms with Crippen molar-refractivity contribution in [3.8, 4) is 11.5 Å². The second kappa shape index (κ2) is 12.8. The molecule has 2 aromatic rings. The van der Waals surface area contributed by atoms with Gasteiger partial charge in [-0.3, -0.25) is 9.89 Å². The third-order valence-corrected chi connectivity index (χ3v) is 5.38. The number of para-hydroxylation sites is 1. The zero-order chi connectivity index (χ0) is 21.3. The number of aliphatic imine (C=N–C) groups is 1. The summed E-state index contributed by atoms with van der Waals surface area (Å²) in [4.78, 5) is 9.02. The molecular weight excluding hydrogens is 508 g/mol. The molecule has 2 aromatic carbocycles. The maximum atomic E-state index is 14.4. The van der Waals surface area contributed by atoms with E-state index < -0.39 is 0 Å². The monoisotopic (exact) mass is 541 g/mol. The molecule has 0 spiro atoms. The van der Waals surface area contributed by atoms with Crippen LogP contribution in [0.2, 0.25) is 0 Å². The minimum atomic E-state index is -0.358. The van der Waals surface area contributed by atoms with Gasteiger partial charge in [-0.1, -0.05) is 24.3 Å². The van der Waals surface area contributed by atoms with E-state index in [1.54, 1.807) is 25.2 Å². The molecular formula is C23H33FIN5O. The maximum absolute atomic E-state index is 14.4. The van der Waals surface area contributed by atoms with Gasteiger partial charge in [-0.25, -0.2) is 4.39 Å². The fraction of sp³-hybridized carbons (Fsp3) is 0.435. The minimum Gasteiger partial charge on any atom is -0.454 e. The van der Waals surface area contributed by atoms with Crippen LogP contribution in [0.5, 0.6) is 11.5 Å². The van der Waals surface area contributed by atoms with E-state index in [2.05, 4.69) is 39.5 Å². The van der Waals surface area contributed by atoms with Crippen molar-refractivity contribution in [2.24, 2.45) is 4.99 Å². The van der Waals surface area contributed by atoms with E-state index in [4.69, 9.17) is 4.74 Å². The lowest BCUT2D eigenvalue weighted by molar-refractivity contribution is 0.116. The Morgan fingerprint density at radius 1 is 1.13 bits per heavy atom. The van der Waals surface area contributed by atoms with Crippen molar-refractivity contribution < 1.29 is 9.13 Å². The van der Waals surface area contributed by atoms with Crippen LogP contribution in [0.3, 0.4) is 0 Å². The Morgan fingerprint density at radius 3 is 2.61 bits per heavy atom. The molecule has 1 aliphatic rings. The summed E-state index contributed by atoms with van der Waals surface area (Å²) in [6.07, 6.45) is 0.690. The quantitative estimate of drug-likeness (QED) is 0.321. The molecule has 1 saturated heterocycles. The number of nitrogens with one attached hydrogen (secondary N) is 2. The Kier molecular flexibility index (Phi) is 10.5. The number of piperazine rings is 1. The maximum Gasteiger partial charge on any atom is 0.191 e. The van der Waals surface area contributed by atoms with Gasteiger partial charge < -0.3 is 20.3 Å². The zero-order valence-electron chi connectivity index (χ0n) is 18.5. The first kappa shape index (κ1) is 25.4. The highest BCUT2D eigenvalue weighted by atomic mass is 127. The first-order valence-electron chi connectivity index (χ1n) is 10.4. The van der Waals surface area contributed by atoms with E-state index in [0.29, 0.717) is 24.8 Å². The van der Waals surface area contributed by atoms with Gasteiger partial charge in [0.2, 0.25) is 0 Å². The van der Waals surface area contributed by atoms with Gasteiger partial charge in [0.15, 0.2) is 17.5 Å². The largest absolute Gasteiger partial charge is 0.454 e. The van der Waals surface area contributed by atoms with E-state index >= 15 is 0 Å². The second-order valence-corrected chi connectivity index (χ2v) is 7.71. The number of rotatable bonds is 7. The van der Waals surface area contributed by atoms with Crippen molar-refractivity contribution in [3.05, 3.63) is 59.9 Å². The van der Waals surface area contributed by atoms with Gasteiger partial charge in [0.05, 0.1) is 0 Å². The third-order valence-electron chi connectivity index (χ3n) is 5.38. The van der Waals surface area contributed by atoms with Gasteiger partial charge in [0.1, 0.15) is 5.75 Å². The Morgan fingerprint density at radius 2 is 1.90 bits per heavy atom. The molecule has 1 atom stereocenters. The van der Waals surface area contributed by atoms with Crippen LogP contribution in [-0.2, 0) is 6.42 Å². The van der Waals surface area contributed by atoms with Crippen LogP contribution in [0.4, 0.5) is 4.39 Å². The molecule has 0 amide bonds. The third kappa shape index (κ3) is 7.93. The summed E-state index contributed by atoms with van der Waals surface area (Å²) in [6, 6.07) is 14.8. The summed E-state index contributed by atoms with van der Waals surface area (Å²) in [5.41, 5.74) is 0.907. The van der Waals surface area contributed by atoms with Crippen LogP contribution >= 0.6 is 24.0 Å². The molecule has 0 bridgehead atoms. The molecule has 0 radical (unpaired) electrons. The number of benzene rings is 2. The highest BCUT2D eigenvalue weighted by molar-refractivity contribution is 14.0. The Balaban J connectivity index is 0.00000341. The molecule has 1 fully saturated rings. The number of nitrogens with zero attached hydrogens (tertiary/aromatic N) is 3. The minimum absolute atomic E-state index is 0. The molecule has 6 nitrogen and oxygen atoms in total. The van der Waals surface area contributed by atoms with E-state index in [9.17, 15) is 4.39 Å². The van der Waals surface area contributed by atoms with Gasteiger partial charge in [0.25, 0.3) is 0 Å². The molecule has 1 aliphatic heterocycles. The van der Waals surface area contributed by atoms with Crippen LogP contribution in [0, 0.1) is 5.82 Å². The van der Waals surface area contributed by atoms with Crippen molar-refractivity contribution in [1.29, 1.82) is 0 Å². The van der Waals surface area contributed by atoms with Crippen LogP contribution in [0.25, 0.3) is 0 Å². The summed E-state index contributed by atoms with van der Waals surface area (Å²) in [5.74, 6) is 1.26. The van der Waals surface area contributed by atoms with Crippen LogP contribution in [0.1, 0.15) is 5.56 Å². The summed E-state index contributed by atoms with van der Waals surface area (Å²) >= 11 is 0. The standard InChI is InChI=1S/C23H32FN5O.HI/c1-25-23(27-16-19-17-28(2)13-14-29(19)3)26-12-11-18-9-10-22(21(24)15-18)30-20-7-5-4-6-8-20;/h4-10,15,19H,11-14,16-17H2,1-3H3,(H2,25,26,27);1H. The predicted molar refractivity (Wildman–Crippen MR) is 135 cm³/mol. The normalized spacial score (nSPS) is 17.7. The Labute approximate surface area is 201 Å². The fourth-order valence-corrected chi connectivity index (χ4v) is 3.48. The number of hydrogen-bond donors (Lipinski definition) is 2. The van der Waals surface area contributed by atoms with Gasteiger partial charge >= 0.3 is 0 Å². The summed E-state index contributed by atoms with van der Waals surface area (Å²) in [6.45, 7) is 4.71. The summed E-state index contributed by atoms with van der Waals surface area (Å²) < 4.78 is 20.0. The van der Waals surface area contributed by atoms with Crippen molar-refractivity contribution in [1.82, 2.24) is 20.4 Å². The highest BCUT2D eigenvalue weighted by Gasteiger charge is 2.22. The molecule has 1 heterocycles. The second-order valence-electron chi connectivity index (χ2n) is 7.71. The Bertz CT molecular complexity index is 836. The molecule has 0 aliphatic carbocycles. The van der Waals surface area contributed by atoms with Crippen LogP contribution < -0.4 is 15.4 Å². The molecule has 1 unspecified atom stereocenters. The predicted octanol–water partition coefficient (Wildman–Crippen LogP) is 3.19. The van der Waals surface area contributed by atoms with E-state index in [1.165, 1.54) is 6.07 Å². The van der Waals surface area contributed by atoms with Crippen molar-refractivity contribution in [3.63, 3.8) is 0 Å². The van der Waals surface area contributed by atoms with Crippen LogP contribution in [0.15, 0.2) is 53.5 Å². The fourth-order valence-electron chi connectivity index (χ4n) is 3.48. The average Bonchev–Trinajstić information content (AvgIpc) is 2.75. The van der Waals surface area contributed by atoms with Gasteiger partial charge in [-0.15, -0.1) is 24.0 Å². The lowest BCUT2D eigenvalue weighted by Gasteiger charge is -2.37. The first-order valence-corrected chi connectivity index (χ1v) is 10.4. The number of hydrogen-bond acceptors (Lipinski definition) is 4. The van der Waals surface area contributed by atoms with Gasteiger partial charge in [0, 0.05) is 45.8 Å². The highest BCUT2D eigenvalue weighted by Crippen LogP contribution is 2.25.